The largest absolute Gasteiger partial charge is 0.330 e. The number of aromatic nitrogens is 1. The van der Waals surface area contributed by atoms with Crippen LogP contribution in [0.3, 0.4) is 0 Å². The number of hydrogen-bond donors (Lipinski definition) is 0. The van der Waals surface area contributed by atoms with Crippen molar-refractivity contribution in [3.8, 4) is 0 Å². The van der Waals surface area contributed by atoms with Crippen LogP contribution in [0, 0.1) is 5.95 Å². The lowest BCUT2D eigenvalue weighted by Crippen LogP contribution is -2.32. The lowest BCUT2D eigenvalue weighted by Gasteiger charge is -2.18. The van der Waals surface area contributed by atoms with E-state index in [1.54, 1.807) is 12.2 Å². The van der Waals surface area contributed by atoms with Crippen LogP contribution in [-0.4, -0.2) is 28.9 Å². The molecule has 0 bridgehead atoms. The Morgan fingerprint density at radius 3 is 2.50 bits per heavy atom. The molecule has 0 aromatic carbocycles. The minimum atomic E-state index is -0.664. The van der Waals surface area contributed by atoms with Crippen LogP contribution in [0.4, 0.5) is 4.39 Å². The highest BCUT2D eigenvalue weighted by molar-refractivity contribution is 5.92. The summed E-state index contributed by atoms with van der Waals surface area (Å²) in [4.78, 5) is 16.9. The predicted molar refractivity (Wildman–Crippen MR) is 60.5 cm³/mol. The van der Waals surface area contributed by atoms with Gasteiger partial charge in [-0.1, -0.05) is 18.2 Å². The molecule has 0 aliphatic heterocycles. The van der Waals surface area contributed by atoms with Gasteiger partial charge in [0.1, 0.15) is 5.69 Å². The highest BCUT2D eigenvalue weighted by Gasteiger charge is 2.14. The summed E-state index contributed by atoms with van der Waals surface area (Å²) in [5.41, 5.74) is 0.0868. The third-order valence-corrected chi connectivity index (χ3v) is 1.92. The van der Waals surface area contributed by atoms with Gasteiger partial charge in [0.15, 0.2) is 0 Å². The van der Waals surface area contributed by atoms with Crippen LogP contribution in [0.2, 0.25) is 0 Å². The fourth-order valence-corrected chi connectivity index (χ4v) is 1.24. The molecule has 1 aromatic rings. The molecule has 0 unspecified atom stereocenters. The van der Waals surface area contributed by atoms with Crippen molar-refractivity contribution in [2.24, 2.45) is 0 Å². The van der Waals surface area contributed by atoms with Crippen LogP contribution in [0.5, 0.6) is 0 Å². The van der Waals surface area contributed by atoms with Gasteiger partial charge < -0.3 is 4.90 Å². The van der Waals surface area contributed by atoms with E-state index in [9.17, 15) is 9.18 Å². The molecular formula is C12H13FN2O. The summed E-state index contributed by atoms with van der Waals surface area (Å²) >= 11 is 0. The summed E-state index contributed by atoms with van der Waals surface area (Å²) < 4.78 is 12.8. The molecule has 0 fully saturated rings. The number of halogens is 1. The number of carbonyl (C=O) groups is 1. The quantitative estimate of drug-likeness (QED) is 0.562. The summed E-state index contributed by atoms with van der Waals surface area (Å²) in [5.74, 6) is -0.998. The molecule has 1 heterocycles. The van der Waals surface area contributed by atoms with Gasteiger partial charge in [0.2, 0.25) is 5.95 Å². The molecular weight excluding hydrogens is 207 g/mol. The maximum absolute atomic E-state index is 12.8. The zero-order valence-corrected chi connectivity index (χ0v) is 8.90. The van der Waals surface area contributed by atoms with E-state index < -0.39 is 5.95 Å². The number of pyridine rings is 1. The van der Waals surface area contributed by atoms with Crippen molar-refractivity contribution in [3.05, 3.63) is 55.2 Å². The van der Waals surface area contributed by atoms with Gasteiger partial charge in [-0.25, -0.2) is 4.98 Å². The van der Waals surface area contributed by atoms with Crippen molar-refractivity contribution in [3.63, 3.8) is 0 Å². The highest BCUT2D eigenvalue weighted by atomic mass is 19.1. The molecule has 16 heavy (non-hydrogen) atoms. The molecule has 4 heteroatoms. The van der Waals surface area contributed by atoms with Crippen molar-refractivity contribution >= 4 is 5.91 Å². The molecule has 1 aromatic heterocycles. The standard InChI is InChI=1S/C12H13FN2O/c1-3-8-15(9-4-2)12(16)10-6-5-7-11(13)14-10/h3-7H,1-2,8-9H2. The molecule has 0 atom stereocenters. The predicted octanol–water partition coefficient (Wildman–Crippen LogP) is 2.03. The van der Waals surface area contributed by atoms with Crippen molar-refractivity contribution in [2.75, 3.05) is 13.1 Å². The maximum atomic E-state index is 12.8. The first-order valence-corrected chi connectivity index (χ1v) is 4.82. The fourth-order valence-electron chi connectivity index (χ4n) is 1.24. The van der Waals surface area contributed by atoms with Crippen LogP contribution in [0.15, 0.2) is 43.5 Å². The second kappa shape index (κ2) is 5.80. The average molecular weight is 220 g/mol. The highest BCUT2D eigenvalue weighted by Crippen LogP contribution is 2.03. The van der Waals surface area contributed by atoms with Gasteiger partial charge in [0.05, 0.1) is 0 Å². The van der Waals surface area contributed by atoms with Gasteiger partial charge >= 0.3 is 0 Å². The summed E-state index contributed by atoms with van der Waals surface area (Å²) in [5, 5.41) is 0. The summed E-state index contributed by atoms with van der Waals surface area (Å²) in [7, 11) is 0. The SMILES string of the molecule is C=CCN(CC=C)C(=O)c1cccc(F)n1. The van der Waals surface area contributed by atoms with E-state index in [1.165, 1.54) is 23.1 Å². The minimum absolute atomic E-state index is 0.0868. The number of nitrogens with zero attached hydrogens (tertiary/aromatic N) is 2. The summed E-state index contributed by atoms with van der Waals surface area (Å²) in [6.07, 6.45) is 3.20. The van der Waals surface area contributed by atoms with E-state index in [4.69, 9.17) is 0 Å². The Balaban J connectivity index is 2.89. The van der Waals surface area contributed by atoms with E-state index in [2.05, 4.69) is 18.1 Å². The molecule has 0 spiro atoms. The van der Waals surface area contributed by atoms with Crippen molar-refractivity contribution in [1.29, 1.82) is 0 Å². The van der Waals surface area contributed by atoms with Crippen LogP contribution in [0.1, 0.15) is 10.5 Å². The summed E-state index contributed by atoms with van der Waals surface area (Å²) in [6, 6.07) is 4.13. The minimum Gasteiger partial charge on any atom is -0.330 e. The molecule has 3 nitrogen and oxygen atoms in total. The van der Waals surface area contributed by atoms with Gasteiger partial charge in [-0.3, -0.25) is 4.79 Å². The zero-order chi connectivity index (χ0) is 12.0. The molecule has 0 N–H and O–H groups in total. The second-order valence-corrected chi connectivity index (χ2v) is 3.13. The third kappa shape index (κ3) is 3.02. The second-order valence-electron chi connectivity index (χ2n) is 3.13. The van der Waals surface area contributed by atoms with Crippen LogP contribution < -0.4 is 0 Å². The zero-order valence-electron chi connectivity index (χ0n) is 8.90. The normalized spacial score (nSPS) is 9.56. The number of carbonyl (C=O) groups excluding carboxylic acids is 1. The van der Waals surface area contributed by atoms with Gasteiger partial charge in [0, 0.05) is 13.1 Å². The van der Waals surface area contributed by atoms with E-state index in [-0.39, 0.29) is 11.6 Å². The topological polar surface area (TPSA) is 33.2 Å². The van der Waals surface area contributed by atoms with Crippen molar-refractivity contribution in [1.82, 2.24) is 9.88 Å². The maximum Gasteiger partial charge on any atom is 0.273 e. The molecule has 0 aliphatic carbocycles. The van der Waals surface area contributed by atoms with E-state index in [0.717, 1.165) is 0 Å². The van der Waals surface area contributed by atoms with Crippen molar-refractivity contribution in [2.45, 2.75) is 0 Å². The van der Waals surface area contributed by atoms with Gasteiger partial charge in [-0.15, -0.1) is 13.2 Å². The lowest BCUT2D eigenvalue weighted by molar-refractivity contribution is 0.0784. The van der Waals surface area contributed by atoms with Gasteiger partial charge in [0.25, 0.3) is 5.91 Å². The number of hydrogen-bond acceptors (Lipinski definition) is 2. The van der Waals surface area contributed by atoms with Gasteiger partial charge in [-0.05, 0) is 12.1 Å². The Labute approximate surface area is 93.9 Å². The number of rotatable bonds is 5. The smallest absolute Gasteiger partial charge is 0.273 e. The third-order valence-electron chi connectivity index (χ3n) is 1.92. The molecule has 0 saturated carbocycles. The molecule has 84 valence electrons. The molecule has 1 rings (SSSR count). The first kappa shape index (κ1) is 12.1. The first-order valence-electron chi connectivity index (χ1n) is 4.82. The molecule has 0 radical (unpaired) electrons. The Morgan fingerprint density at radius 1 is 1.38 bits per heavy atom. The Morgan fingerprint density at radius 2 is 2.00 bits per heavy atom. The van der Waals surface area contributed by atoms with E-state index in [0.29, 0.717) is 13.1 Å². The number of amides is 1. The monoisotopic (exact) mass is 220 g/mol. The van der Waals surface area contributed by atoms with E-state index in [1.807, 2.05) is 0 Å². The molecule has 0 aliphatic rings. The Hall–Kier alpha value is -1.97. The summed E-state index contributed by atoms with van der Waals surface area (Å²) in [6.45, 7) is 7.86. The van der Waals surface area contributed by atoms with Crippen molar-refractivity contribution < 1.29 is 9.18 Å². The fraction of sp³-hybridized carbons (Fsp3) is 0.167. The van der Waals surface area contributed by atoms with Crippen LogP contribution >= 0.6 is 0 Å². The lowest BCUT2D eigenvalue weighted by atomic mass is 10.3. The van der Waals surface area contributed by atoms with Crippen LogP contribution in [0.25, 0.3) is 0 Å². The molecule has 0 saturated heterocycles. The Bertz CT molecular complexity index is 394. The van der Waals surface area contributed by atoms with Crippen LogP contribution in [-0.2, 0) is 0 Å². The first-order chi connectivity index (χ1) is 7.69. The molecule has 1 amide bonds. The average Bonchev–Trinajstić information content (AvgIpc) is 2.28. The van der Waals surface area contributed by atoms with E-state index >= 15 is 0 Å². The van der Waals surface area contributed by atoms with Gasteiger partial charge in [-0.2, -0.15) is 4.39 Å². The Kier molecular flexibility index (Phi) is 4.39.